The van der Waals surface area contributed by atoms with Crippen molar-refractivity contribution in [2.45, 2.75) is 17.4 Å². The molecule has 1 N–H and O–H groups in total. The van der Waals surface area contributed by atoms with E-state index in [2.05, 4.69) is 14.9 Å². The van der Waals surface area contributed by atoms with Gasteiger partial charge in [0.05, 0.1) is 17.9 Å². The number of nitrogens with one attached hydrogen (secondary N) is 1. The van der Waals surface area contributed by atoms with Gasteiger partial charge in [0.2, 0.25) is 0 Å². The molecule has 0 spiro atoms. The number of thioether (sulfide) groups is 1. The fourth-order valence-corrected chi connectivity index (χ4v) is 4.29. The number of hydrogen-bond donors (Lipinski definition) is 1. The monoisotopic (exact) mass is 419 g/mol. The van der Waals surface area contributed by atoms with Gasteiger partial charge in [0, 0.05) is 29.9 Å². The lowest BCUT2D eigenvalue weighted by Crippen LogP contribution is -2.33. The van der Waals surface area contributed by atoms with E-state index in [-0.39, 0.29) is 12.1 Å². The summed E-state index contributed by atoms with van der Waals surface area (Å²) in [5.74, 6) is 0.817. The van der Waals surface area contributed by atoms with Gasteiger partial charge in [0.25, 0.3) is 0 Å². The molecular formula is C22H21N5O2S. The minimum Gasteiger partial charge on any atom is -0.472 e. The molecule has 0 saturated carbocycles. The SMILES string of the molecule is CSc1ccc(NC(=O)N2CC[C@@H](n3c(-c4ccoc4)nc4cccnc43)C2)cc1. The smallest absolute Gasteiger partial charge is 0.321 e. The summed E-state index contributed by atoms with van der Waals surface area (Å²) in [7, 11) is 0. The van der Waals surface area contributed by atoms with Crippen LogP contribution in [0.2, 0.25) is 0 Å². The zero-order chi connectivity index (χ0) is 20.5. The molecule has 0 aliphatic carbocycles. The highest BCUT2D eigenvalue weighted by Crippen LogP contribution is 2.32. The Bertz CT molecular complexity index is 1170. The fraction of sp³-hybridized carbons (Fsp3) is 0.227. The molecule has 7 nitrogen and oxygen atoms in total. The van der Waals surface area contributed by atoms with Crippen LogP contribution in [0.1, 0.15) is 12.5 Å². The van der Waals surface area contributed by atoms with Crippen molar-refractivity contribution in [3.63, 3.8) is 0 Å². The van der Waals surface area contributed by atoms with Crippen LogP contribution >= 0.6 is 11.8 Å². The Morgan fingerprint density at radius 3 is 2.87 bits per heavy atom. The topological polar surface area (TPSA) is 76.2 Å². The number of benzene rings is 1. The number of anilines is 1. The van der Waals surface area contributed by atoms with E-state index in [0.717, 1.165) is 34.7 Å². The predicted molar refractivity (Wildman–Crippen MR) is 118 cm³/mol. The van der Waals surface area contributed by atoms with Gasteiger partial charge in [0.15, 0.2) is 5.65 Å². The second-order valence-corrected chi connectivity index (χ2v) is 8.09. The first-order valence-corrected chi connectivity index (χ1v) is 11.0. The van der Waals surface area contributed by atoms with Crippen LogP contribution in [0.25, 0.3) is 22.6 Å². The Labute approximate surface area is 178 Å². The third kappa shape index (κ3) is 3.43. The first-order chi connectivity index (χ1) is 14.7. The molecule has 1 aliphatic heterocycles. The maximum atomic E-state index is 12.8. The quantitative estimate of drug-likeness (QED) is 0.477. The van der Waals surface area contributed by atoms with E-state index in [0.29, 0.717) is 13.1 Å². The average molecular weight is 420 g/mol. The van der Waals surface area contributed by atoms with E-state index >= 15 is 0 Å². The summed E-state index contributed by atoms with van der Waals surface area (Å²) < 4.78 is 7.41. The second kappa shape index (κ2) is 7.87. The highest BCUT2D eigenvalue weighted by molar-refractivity contribution is 7.98. The molecule has 152 valence electrons. The van der Waals surface area contributed by atoms with E-state index in [1.54, 1.807) is 30.5 Å². The number of imidazole rings is 1. The molecule has 30 heavy (non-hydrogen) atoms. The Hall–Kier alpha value is -3.26. The van der Waals surface area contributed by atoms with Crippen LogP contribution in [0.15, 0.2) is 70.5 Å². The Balaban J connectivity index is 1.38. The molecule has 1 atom stereocenters. The molecule has 8 heteroatoms. The third-order valence-electron chi connectivity index (χ3n) is 5.39. The number of furan rings is 1. The number of likely N-dealkylation sites (tertiary alicyclic amines) is 1. The summed E-state index contributed by atoms with van der Waals surface area (Å²) in [6.07, 6.45) is 7.98. The van der Waals surface area contributed by atoms with E-state index in [1.165, 1.54) is 4.90 Å². The van der Waals surface area contributed by atoms with Gasteiger partial charge in [-0.05, 0) is 55.1 Å². The lowest BCUT2D eigenvalue weighted by Gasteiger charge is -2.19. The zero-order valence-corrected chi connectivity index (χ0v) is 17.3. The molecular weight excluding hydrogens is 398 g/mol. The number of hydrogen-bond acceptors (Lipinski definition) is 5. The van der Waals surface area contributed by atoms with E-state index in [9.17, 15) is 4.79 Å². The summed E-state index contributed by atoms with van der Waals surface area (Å²) in [5.41, 5.74) is 3.37. The predicted octanol–water partition coefficient (Wildman–Crippen LogP) is 4.89. The number of pyridine rings is 1. The fourth-order valence-electron chi connectivity index (χ4n) is 3.88. The maximum Gasteiger partial charge on any atom is 0.321 e. The van der Waals surface area contributed by atoms with Crippen LogP contribution < -0.4 is 5.32 Å². The number of rotatable bonds is 4. The molecule has 0 unspecified atom stereocenters. The molecule has 3 aromatic heterocycles. The van der Waals surface area contributed by atoms with Crippen molar-refractivity contribution in [1.82, 2.24) is 19.4 Å². The third-order valence-corrected chi connectivity index (χ3v) is 6.13. The van der Waals surface area contributed by atoms with Crippen LogP contribution in [0, 0.1) is 0 Å². The summed E-state index contributed by atoms with van der Waals surface area (Å²) >= 11 is 1.68. The van der Waals surface area contributed by atoms with Gasteiger partial charge in [0.1, 0.15) is 17.6 Å². The minimum atomic E-state index is -0.0864. The summed E-state index contributed by atoms with van der Waals surface area (Å²) in [4.78, 5) is 25.2. The molecule has 4 heterocycles. The van der Waals surface area contributed by atoms with Gasteiger partial charge in [-0.25, -0.2) is 14.8 Å². The molecule has 5 rings (SSSR count). The normalized spacial score (nSPS) is 16.3. The molecule has 2 amide bonds. The summed E-state index contributed by atoms with van der Waals surface area (Å²) in [6, 6.07) is 13.6. The lowest BCUT2D eigenvalue weighted by atomic mass is 10.2. The second-order valence-electron chi connectivity index (χ2n) is 7.21. The highest BCUT2D eigenvalue weighted by Gasteiger charge is 2.31. The first-order valence-electron chi connectivity index (χ1n) is 9.78. The van der Waals surface area contributed by atoms with Crippen molar-refractivity contribution in [2.24, 2.45) is 0 Å². The number of fused-ring (bicyclic) bond motifs is 1. The van der Waals surface area contributed by atoms with Gasteiger partial charge < -0.3 is 19.2 Å². The Morgan fingerprint density at radius 2 is 2.10 bits per heavy atom. The Kier molecular flexibility index (Phi) is 4.92. The molecule has 1 aromatic carbocycles. The van der Waals surface area contributed by atoms with E-state index in [1.807, 2.05) is 53.6 Å². The minimum absolute atomic E-state index is 0.0864. The zero-order valence-electron chi connectivity index (χ0n) is 16.5. The van der Waals surface area contributed by atoms with Gasteiger partial charge >= 0.3 is 6.03 Å². The number of carbonyl (C=O) groups excluding carboxylic acids is 1. The average Bonchev–Trinajstić information content (AvgIpc) is 3.52. The van der Waals surface area contributed by atoms with Crippen molar-refractivity contribution in [1.29, 1.82) is 0 Å². The Morgan fingerprint density at radius 1 is 1.23 bits per heavy atom. The number of urea groups is 1. The lowest BCUT2D eigenvalue weighted by molar-refractivity contribution is 0.221. The number of carbonyl (C=O) groups is 1. The van der Waals surface area contributed by atoms with Crippen molar-refractivity contribution in [3.05, 3.63) is 61.2 Å². The van der Waals surface area contributed by atoms with Crippen molar-refractivity contribution < 1.29 is 9.21 Å². The van der Waals surface area contributed by atoms with Gasteiger partial charge in [-0.15, -0.1) is 11.8 Å². The van der Waals surface area contributed by atoms with Crippen molar-refractivity contribution >= 4 is 34.6 Å². The summed E-state index contributed by atoms with van der Waals surface area (Å²) in [6.45, 7) is 1.28. The molecule has 0 radical (unpaired) electrons. The molecule has 0 bridgehead atoms. The van der Waals surface area contributed by atoms with Crippen molar-refractivity contribution in [3.8, 4) is 11.4 Å². The molecule has 4 aromatic rings. The van der Waals surface area contributed by atoms with Crippen LogP contribution in [0.3, 0.4) is 0 Å². The number of aromatic nitrogens is 3. The molecule has 1 fully saturated rings. The van der Waals surface area contributed by atoms with E-state index < -0.39 is 0 Å². The van der Waals surface area contributed by atoms with Crippen LogP contribution in [-0.2, 0) is 0 Å². The van der Waals surface area contributed by atoms with Crippen LogP contribution in [0.4, 0.5) is 10.5 Å². The molecule has 1 saturated heterocycles. The first kappa shape index (κ1) is 18.7. The number of amides is 2. The van der Waals surface area contributed by atoms with Gasteiger partial charge in [-0.1, -0.05) is 0 Å². The van der Waals surface area contributed by atoms with Crippen molar-refractivity contribution in [2.75, 3.05) is 24.7 Å². The van der Waals surface area contributed by atoms with Crippen LogP contribution in [0.5, 0.6) is 0 Å². The van der Waals surface area contributed by atoms with Gasteiger partial charge in [-0.2, -0.15) is 0 Å². The standard InChI is InChI=1S/C22H21N5O2S/c1-30-18-6-4-16(5-7-18)24-22(28)26-11-8-17(13-26)27-20(15-9-12-29-14-15)25-19-3-2-10-23-21(19)27/h2-7,9-10,12,14,17H,8,11,13H2,1H3,(H,24,28)/t17-/m1/s1. The maximum absolute atomic E-state index is 12.8. The largest absolute Gasteiger partial charge is 0.472 e. The van der Waals surface area contributed by atoms with E-state index in [4.69, 9.17) is 9.40 Å². The molecule has 1 aliphatic rings. The number of nitrogens with zero attached hydrogens (tertiary/aromatic N) is 4. The highest BCUT2D eigenvalue weighted by atomic mass is 32.2. The summed E-state index contributed by atoms with van der Waals surface area (Å²) in [5, 5.41) is 3.00. The van der Waals surface area contributed by atoms with Crippen LogP contribution in [-0.4, -0.2) is 44.8 Å². The van der Waals surface area contributed by atoms with Gasteiger partial charge in [-0.3, -0.25) is 0 Å².